The number of phosphoric acid groups is 1. The van der Waals surface area contributed by atoms with E-state index >= 15 is 0 Å². The van der Waals surface area contributed by atoms with Crippen molar-refractivity contribution in [1.82, 2.24) is 0 Å². The van der Waals surface area contributed by atoms with Gasteiger partial charge in [-0.1, -0.05) is 56.3 Å². The lowest BCUT2D eigenvalue weighted by Gasteiger charge is -2.20. The van der Waals surface area contributed by atoms with Crippen LogP contribution in [0.3, 0.4) is 0 Å². The lowest BCUT2D eigenvalue weighted by Crippen LogP contribution is -2.05. The molecule has 0 aliphatic rings. The van der Waals surface area contributed by atoms with Crippen molar-refractivity contribution in [2.24, 2.45) is 0 Å². The maximum Gasteiger partial charge on any atom is 0.646 e. The Kier molecular flexibility index (Phi) is 6.30. The number of allylic oxidation sites excluding steroid dienone is 1. The molecule has 0 atom stereocenters. The number of hydrogen-bond donors (Lipinski definition) is 0. The summed E-state index contributed by atoms with van der Waals surface area (Å²) in [6, 6.07) is 17.6. The second-order valence-electron chi connectivity index (χ2n) is 4.99. The van der Waals surface area contributed by atoms with E-state index in [0.717, 1.165) is 12.8 Å². The topological polar surface area (TPSA) is 44.8 Å². The number of rotatable bonds is 9. The van der Waals surface area contributed by atoms with Crippen molar-refractivity contribution in [2.75, 3.05) is 0 Å². The summed E-state index contributed by atoms with van der Waals surface area (Å²) in [5, 5.41) is 0. The fourth-order valence-corrected chi connectivity index (χ4v) is 3.13. The predicted octanol–water partition coefficient (Wildman–Crippen LogP) is 5.97. The summed E-state index contributed by atoms with van der Waals surface area (Å²) < 4.78 is 29.5. The van der Waals surface area contributed by atoms with Crippen molar-refractivity contribution in [2.45, 2.75) is 26.2 Å². The first-order valence-electron chi connectivity index (χ1n) is 7.58. The number of hydrogen-bond acceptors (Lipinski definition) is 4. The minimum absolute atomic E-state index is 0.391. The summed E-state index contributed by atoms with van der Waals surface area (Å²) >= 11 is 0. The molecular formula is C18H21O4P. The zero-order chi connectivity index (χ0) is 16.5. The van der Waals surface area contributed by atoms with Gasteiger partial charge in [-0.25, -0.2) is 0 Å². The monoisotopic (exact) mass is 332 g/mol. The highest BCUT2D eigenvalue weighted by atomic mass is 31.2. The normalized spacial score (nSPS) is 10.8. The van der Waals surface area contributed by atoms with Gasteiger partial charge in [-0.2, -0.15) is 4.57 Å². The molecule has 0 aromatic heterocycles. The summed E-state index contributed by atoms with van der Waals surface area (Å²) in [5.74, 6) is 1.21. The summed E-state index contributed by atoms with van der Waals surface area (Å²) in [4.78, 5) is 0. The predicted molar refractivity (Wildman–Crippen MR) is 91.5 cm³/mol. The molecular weight excluding hydrogens is 311 g/mol. The molecule has 0 heterocycles. The third-order valence-corrected chi connectivity index (χ3v) is 4.32. The van der Waals surface area contributed by atoms with E-state index in [0.29, 0.717) is 23.7 Å². The van der Waals surface area contributed by atoms with Crippen LogP contribution in [-0.2, 0) is 9.09 Å². The second-order valence-corrected chi connectivity index (χ2v) is 6.43. The van der Waals surface area contributed by atoms with Gasteiger partial charge < -0.3 is 13.6 Å². The van der Waals surface area contributed by atoms with Crippen LogP contribution in [0, 0.1) is 0 Å². The largest absolute Gasteiger partial charge is 0.646 e. The highest BCUT2D eigenvalue weighted by molar-refractivity contribution is 7.49. The Hall–Kier alpha value is -2.19. The number of unbranched alkanes of at least 4 members (excludes halogenated alkanes) is 1. The van der Waals surface area contributed by atoms with Crippen molar-refractivity contribution < 1.29 is 18.1 Å². The van der Waals surface area contributed by atoms with E-state index in [1.807, 2.05) is 12.1 Å². The number of phosphoric ester groups is 1. The molecule has 0 fully saturated rings. The van der Waals surface area contributed by atoms with Crippen LogP contribution in [0.2, 0.25) is 0 Å². The average molecular weight is 332 g/mol. The fraction of sp³-hybridized carbons (Fsp3) is 0.222. The van der Waals surface area contributed by atoms with Crippen LogP contribution in [0.25, 0.3) is 0 Å². The van der Waals surface area contributed by atoms with Crippen LogP contribution in [0.5, 0.6) is 11.5 Å². The van der Waals surface area contributed by atoms with Gasteiger partial charge in [0.15, 0.2) is 0 Å². The molecule has 4 nitrogen and oxygen atoms in total. The van der Waals surface area contributed by atoms with Gasteiger partial charge in [-0.15, -0.1) is 0 Å². The minimum Gasteiger partial charge on any atom is -0.391 e. The first-order chi connectivity index (χ1) is 11.1. The van der Waals surface area contributed by atoms with Crippen LogP contribution in [0.15, 0.2) is 73.0 Å². The second kappa shape index (κ2) is 8.44. The Labute approximate surface area is 137 Å². The van der Waals surface area contributed by atoms with Gasteiger partial charge in [0.1, 0.15) is 17.3 Å². The SMILES string of the molecule is C=C(CCCC)OP(=O)(Oc1ccccc1)Oc1ccccc1. The van der Waals surface area contributed by atoms with Crippen LogP contribution in [0.4, 0.5) is 0 Å². The maximum atomic E-state index is 13.0. The molecule has 5 heteroatoms. The van der Waals surface area contributed by atoms with Gasteiger partial charge in [0.05, 0.1) is 0 Å². The molecule has 2 rings (SSSR count). The summed E-state index contributed by atoms with van der Waals surface area (Å²) in [6.07, 6.45) is 2.50. The molecule has 0 N–H and O–H groups in total. The first-order valence-corrected chi connectivity index (χ1v) is 9.04. The lowest BCUT2D eigenvalue weighted by molar-refractivity contribution is 0.250. The maximum absolute atomic E-state index is 13.0. The van der Waals surface area contributed by atoms with Crippen LogP contribution in [-0.4, -0.2) is 0 Å². The van der Waals surface area contributed by atoms with E-state index in [9.17, 15) is 4.57 Å². The van der Waals surface area contributed by atoms with Crippen molar-refractivity contribution in [3.8, 4) is 11.5 Å². The molecule has 0 aliphatic carbocycles. The van der Waals surface area contributed by atoms with Crippen molar-refractivity contribution >= 4 is 7.82 Å². The van der Waals surface area contributed by atoms with E-state index < -0.39 is 7.82 Å². The van der Waals surface area contributed by atoms with Crippen molar-refractivity contribution in [3.05, 3.63) is 73.0 Å². The molecule has 0 amide bonds. The molecule has 2 aromatic carbocycles. The molecule has 0 radical (unpaired) electrons. The average Bonchev–Trinajstić information content (AvgIpc) is 2.54. The summed E-state index contributed by atoms with van der Waals surface area (Å²) in [5.41, 5.74) is 0. The van der Waals surface area contributed by atoms with Gasteiger partial charge in [0.25, 0.3) is 0 Å². The molecule has 23 heavy (non-hydrogen) atoms. The van der Waals surface area contributed by atoms with E-state index in [1.165, 1.54) is 0 Å². The van der Waals surface area contributed by atoms with Gasteiger partial charge >= 0.3 is 7.82 Å². The summed E-state index contributed by atoms with van der Waals surface area (Å²) in [6.45, 7) is 5.87. The van der Waals surface area contributed by atoms with Gasteiger partial charge in [-0.05, 0) is 30.7 Å². The fourth-order valence-electron chi connectivity index (χ4n) is 1.85. The molecule has 0 aliphatic heterocycles. The standard InChI is InChI=1S/C18H21O4P/c1-3-4-11-16(2)20-23(19,21-17-12-7-5-8-13-17)22-18-14-9-6-10-15-18/h5-10,12-15H,2-4,11H2,1H3. The first kappa shape index (κ1) is 17.2. The zero-order valence-electron chi connectivity index (χ0n) is 13.2. The van der Waals surface area contributed by atoms with Gasteiger partial charge in [0, 0.05) is 6.42 Å². The third kappa shape index (κ3) is 5.84. The lowest BCUT2D eigenvalue weighted by atomic mass is 10.2. The highest BCUT2D eigenvalue weighted by Gasteiger charge is 2.33. The number of benzene rings is 2. The molecule has 0 saturated carbocycles. The van der Waals surface area contributed by atoms with E-state index in [-0.39, 0.29) is 0 Å². The minimum atomic E-state index is -3.86. The Balaban J connectivity index is 2.15. The van der Waals surface area contributed by atoms with E-state index in [1.54, 1.807) is 48.5 Å². The van der Waals surface area contributed by atoms with Crippen LogP contribution in [0.1, 0.15) is 26.2 Å². The van der Waals surface area contributed by atoms with Gasteiger partial charge in [-0.3, -0.25) is 0 Å². The van der Waals surface area contributed by atoms with E-state index in [2.05, 4.69) is 13.5 Å². The molecule has 2 aromatic rings. The third-order valence-electron chi connectivity index (χ3n) is 2.97. The van der Waals surface area contributed by atoms with E-state index in [4.69, 9.17) is 13.6 Å². The van der Waals surface area contributed by atoms with Crippen LogP contribution < -0.4 is 9.05 Å². The Bertz CT molecular complexity index is 610. The van der Waals surface area contributed by atoms with Crippen molar-refractivity contribution in [3.63, 3.8) is 0 Å². The molecule has 0 bridgehead atoms. The summed E-state index contributed by atoms with van der Waals surface area (Å²) in [7, 11) is -3.86. The Morgan fingerprint density at radius 2 is 1.43 bits per heavy atom. The smallest absolute Gasteiger partial charge is 0.391 e. The Morgan fingerprint density at radius 1 is 0.957 bits per heavy atom. The highest BCUT2D eigenvalue weighted by Crippen LogP contribution is 2.51. The Morgan fingerprint density at radius 3 is 1.87 bits per heavy atom. The van der Waals surface area contributed by atoms with Crippen molar-refractivity contribution in [1.29, 1.82) is 0 Å². The number of para-hydroxylation sites is 2. The van der Waals surface area contributed by atoms with Crippen LogP contribution >= 0.6 is 7.82 Å². The molecule has 0 saturated heterocycles. The zero-order valence-corrected chi connectivity index (χ0v) is 14.1. The molecule has 122 valence electrons. The quantitative estimate of drug-likeness (QED) is 0.419. The molecule has 0 spiro atoms. The molecule has 0 unspecified atom stereocenters. The van der Waals surface area contributed by atoms with Gasteiger partial charge in [0.2, 0.25) is 0 Å².